The minimum absolute atomic E-state index is 0.333. The van der Waals surface area contributed by atoms with Gasteiger partial charge in [0.1, 0.15) is 28.2 Å². The van der Waals surface area contributed by atoms with Crippen LogP contribution in [-0.2, 0) is 6.42 Å². The second-order valence-corrected chi connectivity index (χ2v) is 7.52. The molecule has 0 saturated carbocycles. The van der Waals surface area contributed by atoms with E-state index in [0.717, 1.165) is 21.3 Å². The Morgan fingerprint density at radius 1 is 1.30 bits per heavy atom. The molecule has 3 aromatic heterocycles. The van der Waals surface area contributed by atoms with Crippen molar-refractivity contribution >= 4 is 49.2 Å². The molecule has 1 N–H and O–H groups in total. The first-order valence-electron chi connectivity index (χ1n) is 8.10. The molecule has 5 nitrogen and oxygen atoms in total. The predicted molar refractivity (Wildman–Crippen MR) is 107 cm³/mol. The number of pyridine rings is 1. The molecular weight excluding hydrogens is 431 g/mol. The smallest absolute Gasteiger partial charge is 0.229 e. The van der Waals surface area contributed by atoms with Crippen LogP contribution in [0.5, 0.6) is 0 Å². The van der Waals surface area contributed by atoms with E-state index >= 15 is 0 Å². The van der Waals surface area contributed by atoms with Crippen LogP contribution in [0.15, 0.2) is 45.4 Å². The van der Waals surface area contributed by atoms with Crippen LogP contribution in [0.2, 0.25) is 0 Å². The summed E-state index contributed by atoms with van der Waals surface area (Å²) in [5.74, 6) is 0.419. The maximum absolute atomic E-state index is 13.2. The lowest BCUT2D eigenvalue weighted by molar-refractivity contribution is 0.549. The van der Waals surface area contributed by atoms with Crippen LogP contribution in [0.25, 0.3) is 22.4 Å². The fourth-order valence-corrected chi connectivity index (χ4v) is 4.05. The van der Waals surface area contributed by atoms with Crippen molar-refractivity contribution in [2.45, 2.75) is 13.3 Å². The van der Waals surface area contributed by atoms with Gasteiger partial charge in [-0.15, -0.1) is 0 Å². The molecule has 0 atom stereocenters. The molecule has 0 saturated heterocycles. The predicted octanol–water partition coefficient (Wildman–Crippen LogP) is 6.03. The van der Waals surface area contributed by atoms with Crippen LogP contribution in [-0.4, -0.2) is 9.97 Å². The van der Waals surface area contributed by atoms with Crippen molar-refractivity contribution in [3.63, 3.8) is 0 Å². The molecule has 0 fully saturated rings. The fraction of sp³-hybridized carbons (Fsp3) is 0.105. The maximum atomic E-state index is 13.2. The van der Waals surface area contributed by atoms with Crippen LogP contribution in [0.4, 0.5) is 15.2 Å². The Kier molecular flexibility index (Phi) is 4.64. The van der Waals surface area contributed by atoms with Crippen molar-refractivity contribution in [1.29, 1.82) is 5.26 Å². The van der Waals surface area contributed by atoms with Gasteiger partial charge >= 0.3 is 0 Å². The third kappa shape index (κ3) is 3.20. The Morgan fingerprint density at radius 3 is 2.78 bits per heavy atom. The standard InChI is InChI=1S/C19H12BrFN4OS/c1-2-13-17(15-12(20)7-8-23-18(15)26-13)25-19-24-16(14(9-22)27-19)10-3-5-11(21)6-4-10/h3-8H,2H2,1H3,(H,24,25). The van der Waals surface area contributed by atoms with Crippen LogP contribution in [0.1, 0.15) is 17.6 Å². The minimum Gasteiger partial charge on any atom is -0.440 e. The van der Waals surface area contributed by atoms with Gasteiger partial charge in [-0.3, -0.25) is 0 Å². The van der Waals surface area contributed by atoms with Crippen molar-refractivity contribution in [2.24, 2.45) is 0 Å². The third-order valence-corrected chi connectivity index (χ3v) is 5.55. The number of nitrogens with one attached hydrogen (secondary N) is 1. The number of aromatic nitrogens is 2. The SMILES string of the molecule is CCc1oc2nccc(Br)c2c1Nc1nc(-c2ccc(F)cc2)c(C#N)s1. The van der Waals surface area contributed by atoms with E-state index in [2.05, 4.69) is 37.3 Å². The first-order valence-corrected chi connectivity index (χ1v) is 9.71. The Balaban J connectivity index is 1.79. The molecule has 4 rings (SSSR count). The molecule has 0 aliphatic heterocycles. The molecule has 0 unspecified atom stereocenters. The van der Waals surface area contributed by atoms with Crippen molar-refractivity contribution in [3.8, 4) is 17.3 Å². The number of fused-ring (bicyclic) bond motifs is 1. The molecule has 0 radical (unpaired) electrons. The molecule has 0 bridgehead atoms. The van der Waals surface area contributed by atoms with Crippen molar-refractivity contribution in [3.05, 3.63) is 57.5 Å². The number of furan rings is 1. The van der Waals surface area contributed by atoms with Crippen LogP contribution < -0.4 is 5.32 Å². The largest absolute Gasteiger partial charge is 0.440 e. The number of rotatable bonds is 4. The maximum Gasteiger partial charge on any atom is 0.229 e. The third-order valence-electron chi connectivity index (χ3n) is 4.01. The lowest BCUT2D eigenvalue weighted by atomic mass is 10.1. The van der Waals surface area contributed by atoms with Gasteiger partial charge in [-0.2, -0.15) is 5.26 Å². The molecule has 1 aromatic carbocycles. The van der Waals surface area contributed by atoms with E-state index in [9.17, 15) is 9.65 Å². The van der Waals surface area contributed by atoms with Crippen molar-refractivity contribution in [2.75, 3.05) is 5.32 Å². The highest BCUT2D eigenvalue weighted by molar-refractivity contribution is 9.10. The summed E-state index contributed by atoms with van der Waals surface area (Å²) in [7, 11) is 0. The fourth-order valence-electron chi connectivity index (χ4n) is 2.77. The molecule has 0 aliphatic carbocycles. The van der Waals surface area contributed by atoms with E-state index < -0.39 is 0 Å². The van der Waals surface area contributed by atoms with Gasteiger partial charge in [0.05, 0.1) is 11.1 Å². The van der Waals surface area contributed by atoms with Crippen molar-refractivity contribution in [1.82, 2.24) is 9.97 Å². The summed E-state index contributed by atoms with van der Waals surface area (Å²) in [6.45, 7) is 1.99. The van der Waals surface area contributed by atoms with E-state index in [1.165, 1.54) is 23.5 Å². The average Bonchev–Trinajstić information content (AvgIpc) is 3.24. The quantitative estimate of drug-likeness (QED) is 0.417. The Bertz CT molecular complexity index is 1180. The zero-order chi connectivity index (χ0) is 19.0. The summed E-state index contributed by atoms with van der Waals surface area (Å²) in [4.78, 5) is 9.27. The number of hydrogen-bond donors (Lipinski definition) is 1. The molecule has 27 heavy (non-hydrogen) atoms. The molecule has 0 amide bonds. The van der Waals surface area contributed by atoms with Gasteiger partial charge in [-0.25, -0.2) is 14.4 Å². The Morgan fingerprint density at radius 2 is 2.07 bits per heavy atom. The van der Waals surface area contributed by atoms with E-state index in [-0.39, 0.29) is 5.82 Å². The highest BCUT2D eigenvalue weighted by Crippen LogP contribution is 2.39. The van der Waals surface area contributed by atoms with E-state index in [1.54, 1.807) is 18.3 Å². The van der Waals surface area contributed by atoms with Gasteiger partial charge in [0.2, 0.25) is 5.71 Å². The van der Waals surface area contributed by atoms with Gasteiger partial charge in [0.25, 0.3) is 0 Å². The first-order chi connectivity index (χ1) is 13.1. The summed E-state index contributed by atoms with van der Waals surface area (Å²) >= 11 is 4.77. The summed E-state index contributed by atoms with van der Waals surface area (Å²) in [6.07, 6.45) is 2.34. The minimum atomic E-state index is -0.333. The lowest BCUT2D eigenvalue weighted by Crippen LogP contribution is -1.93. The number of nitrogens with zero attached hydrogens (tertiary/aromatic N) is 3. The first kappa shape index (κ1) is 17.6. The molecule has 4 aromatic rings. The highest BCUT2D eigenvalue weighted by Gasteiger charge is 2.19. The molecule has 0 spiro atoms. The Labute approximate surface area is 166 Å². The van der Waals surface area contributed by atoms with Crippen LogP contribution in [0, 0.1) is 17.1 Å². The summed E-state index contributed by atoms with van der Waals surface area (Å²) in [5, 5.41) is 14.1. The zero-order valence-electron chi connectivity index (χ0n) is 14.1. The zero-order valence-corrected chi connectivity index (χ0v) is 16.5. The summed E-state index contributed by atoms with van der Waals surface area (Å²) in [6, 6.07) is 9.93. The molecule has 134 valence electrons. The van der Waals surface area contributed by atoms with Crippen LogP contribution >= 0.6 is 27.3 Å². The highest BCUT2D eigenvalue weighted by atomic mass is 79.9. The van der Waals surface area contributed by atoms with Crippen molar-refractivity contribution < 1.29 is 8.81 Å². The number of thiazole rings is 1. The number of aryl methyl sites for hydroxylation is 1. The number of halogens is 2. The second kappa shape index (κ2) is 7.10. The van der Waals surface area contributed by atoms with Gasteiger partial charge in [0, 0.05) is 22.7 Å². The average molecular weight is 443 g/mol. The monoisotopic (exact) mass is 442 g/mol. The summed E-state index contributed by atoms with van der Waals surface area (Å²) < 4.78 is 19.9. The molecule has 8 heteroatoms. The summed E-state index contributed by atoms with van der Waals surface area (Å²) in [5.41, 5.74) is 2.51. The number of hydrogen-bond acceptors (Lipinski definition) is 6. The topological polar surface area (TPSA) is 74.7 Å². The number of benzene rings is 1. The van der Waals surface area contributed by atoms with Gasteiger partial charge in [-0.05, 0) is 46.3 Å². The normalized spacial score (nSPS) is 10.9. The van der Waals surface area contributed by atoms with E-state index in [1.807, 2.05) is 13.0 Å². The second-order valence-electron chi connectivity index (χ2n) is 5.67. The Hall–Kier alpha value is -2.76. The lowest BCUT2D eigenvalue weighted by Gasteiger charge is -2.03. The van der Waals surface area contributed by atoms with E-state index in [0.29, 0.717) is 33.4 Å². The van der Waals surface area contributed by atoms with Gasteiger partial charge < -0.3 is 9.73 Å². The van der Waals surface area contributed by atoms with Crippen LogP contribution in [0.3, 0.4) is 0 Å². The van der Waals surface area contributed by atoms with Gasteiger partial charge in [-0.1, -0.05) is 18.3 Å². The van der Waals surface area contributed by atoms with Gasteiger partial charge in [0.15, 0.2) is 5.13 Å². The van der Waals surface area contributed by atoms with E-state index in [4.69, 9.17) is 4.42 Å². The number of anilines is 2. The molecule has 3 heterocycles. The molecular formula is C19H12BrFN4OS. The molecule has 0 aliphatic rings. The number of nitriles is 1.